The third kappa shape index (κ3) is 2.72. The molecule has 1 aliphatic rings. The highest BCUT2D eigenvalue weighted by Crippen LogP contribution is 2.38. The van der Waals surface area contributed by atoms with Crippen LogP contribution in [0.3, 0.4) is 0 Å². The number of carboxylic acid groups (broad SMARTS) is 1. The van der Waals surface area contributed by atoms with Crippen molar-refractivity contribution >= 4 is 11.5 Å². The van der Waals surface area contributed by atoms with Crippen LogP contribution in [0.25, 0.3) is 5.57 Å². The minimum atomic E-state index is -0.824. The summed E-state index contributed by atoms with van der Waals surface area (Å²) in [7, 11) is 0. The largest absolute Gasteiger partial charge is 0.493 e. The quantitative estimate of drug-likeness (QED) is 0.829. The van der Waals surface area contributed by atoms with Crippen molar-refractivity contribution in [2.24, 2.45) is 0 Å². The molecule has 0 spiro atoms. The Morgan fingerprint density at radius 2 is 2.05 bits per heavy atom. The molecule has 0 aromatic heterocycles. The highest BCUT2D eigenvalue weighted by molar-refractivity contribution is 5.97. The lowest BCUT2D eigenvalue weighted by atomic mass is 9.84. The number of fused-ring (bicyclic) bond motifs is 1. The molecule has 2 rings (SSSR count). The van der Waals surface area contributed by atoms with Crippen molar-refractivity contribution < 1.29 is 14.6 Å². The number of rotatable bonds is 2. The molecule has 0 saturated heterocycles. The zero-order chi connectivity index (χ0) is 14.9. The highest BCUT2D eigenvalue weighted by Gasteiger charge is 2.23. The summed E-state index contributed by atoms with van der Waals surface area (Å²) in [6.07, 6.45) is 1.20. The second-order valence-electron chi connectivity index (χ2n) is 6.18. The summed E-state index contributed by atoms with van der Waals surface area (Å²) in [6.45, 7) is 8.90. The van der Waals surface area contributed by atoms with Gasteiger partial charge >= 0.3 is 5.97 Å². The molecule has 0 fully saturated rings. The van der Waals surface area contributed by atoms with Crippen molar-refractivity contribution in [3.8, 4) is 5.75 Å². The van der Waals surface area contributed by atoms with E-state index in [4.69, 9.17) is 4.74 Å². The zero-order valence-corrected chi connectivity index (χ0v) is 12.6. The summed E-state index contributed by atoms with van der Waals surface area (Å²) in [6, 6.07) is 6.12. The molecule has 0 atom stereocenters. The lowest BCUT2D eigenvalue weighted by Crippen LogP contribution is -2.15. The van der Waals surface area contributed by atoms with Crippen LogP contribution < -0.4 is 4.74 Å². The molecule has 1 aromatic rings. The molecule has 1 aromatic carbocycles. The van der Waals surface area contributed by atoms with E-state index in [0.29, 0.717) is 25.0 Å². The number of benzene rings is 1. The van der Waals surface area contributed by atoms with Crippen molar-refractivity contribution in [1.29, 1.82) is 0 Å². The van der Waals surface area contributed by atoms with Crippen LogP contribution in [-0.2, 0) is 10.2 Å². The van der Waals surface area contributed by atoms with Gasteiger partial charge in [-0.3, -0.25) is 0 Å². The topological polar surface area (TPSA) is 46.5 Å². The number of aliphatic carboxylic acids is 1. The van der Waals surface area contributed by atoms with Gasteiger partial charge in [0, 0.05) is 17.6 Å². The molecule has 0 unspecified atom stereocenters. The fourth-order valence-corrected chi connectivity index (χ4v) is 2.56. The van der Waals surface area contributed by atoms with Gasteiger partial charge in [0.05, 0.1) is 6.61 Å². The molecule has 0 radical (unpaired) electrons. The Morgan fingerprint density at radius 3 is 2.60 bits per heavy atom. The summed E-state index contributed by atoms with van der Waals surface area (Å²) in [5, 5.41) is 9.34. The third-order valence-electron chi connectivity index (χ3n) is 3.76. The fourth-order valence-electron chi connectivity index (χ4n) is 2.56. The lowest BCUT2D eigenvalue weighted by molar-refractivity contribution is -0.132. The van der Waals surface area contributed by atoms with E-state index in [2.05, 4.69) is 26.8 Å². The normalized spacial score (nSPS) is 17.2. The van der Waals surface area contributed by atoms with Crippen LogP contribution in [0.1, 0.15) is 51.7 Å². The molecular weight excluding hydrogens is 252 g/mol. The van der Waals surface area contributed by atoms with Crippen molar-refractivity contribution in [3.63, 3.8) is 0 Å². The Hall–Kier alpha value is -1.77. The van der Waals surface area contributed by atoms with Crippen LogP contribution in [0.5, 0.6) is 5.75 Å². The molecule has 3 heteroatoms. The van der Waals surface area contributed by atoms with Crippen LogP contribution >= 0.6 is 0 Å². The first-order chi connectivity index (χ1) is 9.34. The summed E-state index contributed by atoms with van der Waals surface area (Å²) in [5.41, 5.74) is 3.61. The minimum absolute atomic E-state index is 0.0557. The van der Waals surface area contributed by atoms with Crippen molar-refractivity contribution in [1.82, 2.24) is 0 Å². The van der Waals surface area contributed by atoms with Gasteiger partial charge in [-0.05, 0) is 29.0 Å². The average Bonchev–Trinajstić information content (AvgIpc) is 2.37. The Labute approximate surface area is 120 Å². The molecule has 1 aliphatic heterocycles. The number of carbonyl (C=O) groups is 1. The number of hydrogen-bond donors (Lipinski definition) is 1. The molecular formula is C17H22O3. The van der Waals surface area contributed by atoms with Crippen molar-refractivity contribution in [2.45, 2.75) is 46.0 Å². The van der Waals surface area contributed by atoms with Gasteiger partial charge in [0.2, 0.25) is 0 Å². The van der Waals surface area contributed by atoms with Crippen LogP contribution in [-0.4, -0.2) is 17.7 Å². The Kier molecular flexibility index (Phi) is 3.89. The Bertz CT molecular complexity index is 562. The number of hydrogen-bond acceptors (Lipinski definition) is 2. The Morgan fingerprint density at radius 1 is 1.35 bits per heavy atom. The van der Waals surface area contributed by atoms with Crippen LogP contribution in [0.4, 0.5) is 0 Å². The maximum atomic E-state index is 11.4. The molecule has 3 nitrogen and oxygen atoms in total. The molecule has 108 valence electrons. The van der Waals surface area contributed by atoms with E-state index in [-0.39, 0.29) is 5.41 Å². The van der Waals surface area contributed by atoms with Gasteiger partial charge in [0.1, 0.15) is 5.75 Å². The molecule has 1 N–H and O–H groups in total. The molecule has 20 heavy (non-hydrogen) atoms. The van der Waals surface area contributed by atoms with E-state index in [1.807, 2.05) is 19.1 Å². The second kappa shape index (κ2) is 5.31. The minimum Gasteiger partial charge on any atom is -0.493 e. The maximum Gasteiger partial charge on any atom is 0.331 e. The summed E-state index contributed by atoms with van der Waals surface area (Å²) in [5.74, 6) is -0.0128. The predicted molar refractivity (Wildman–Crippen MR) is 80.1 cm³/mol. The summed E-state index contributed by atoms with van der Waals surface area (Å²) < 4.78 is 5.74. The van der Waals surface area contributed by atoms with Gasteiger partial charge < -0.3 is 9.84 Å². The van der Waals surface area contributed by atoms with Gasteiger partial charge in [0.15, 0.2) is 0 Å². The van der Waals surface area contributed by atoms with Gasteiger partial charge in [0.25, 0.3) is 0 Å². The summed E-state index contributed by atoms with van der Waals surface area (Å²) in [4.78, 5) is 11.4. The monoisotopic (exact) mass is 274 g/mol. The number of ether oxygens (including phenoxy) is 1. The molecule has 0 saturated carbocycles. The van der Waals surface area contributed by atoms with Crippen LogP contribution in [0, 0.1) is 0 Å². The Balaban J connectivity index is 2.56. The fraction of sp³-hybridized carbons (Fsp3) is 0.471. The lowest BCUT2D eigenvalue weighted by Gasteiger charge is -2.26. The second-order valence-corrected chi connectivity index (χ2v) is 6.18. The first-order valence-corrected chi connectivity index (χ1v) is 7.07. The van der Waals surface area contributed by atoms with E-state index in [1.165, 1.54) is 5.56 Å². The first-order valence-electron chi connectivity index (χ1n) is 7.07. The third-order valence-corrected chi connectivity index (χ3v) is 3.76. The summed E-state index contributed by atoms with van der Waals surface area (Å²) >= 11 is 0. The van der Waals surface area contributed by atoms with Crippen molar-refractivity contribution in [3.05, 3.63) is 34.9 Å². The van der Waals surface area contributed by atoms with E-state index in [9.17, 15) is 9.90 Å². The SMILES string of the molecule is CC/C(C(=O)O)=C1/CCOc2cc(C(C)(C)C)ccc21. The molecule has 0 amide bonds. The standard InChI is InChI=1S/C17H22O3/c1-5-12(16(18)19)13-8-9-20-15-10-11(17(2,3)4)6-7-14(13)15/h6-7,10H,5,8-9H2,1-4H3,(H,18,19)/b13-12+. The molecule has 0 bridgehead atoms. The maximum absolute atomic E-state index is 11.4. The van der Waals surface area contributed by atoms with Gasteiger partial charge in [-0.15, -0.1) is 0 Å². The van der Waals surface area contributed by atoms with Gasteiger partial charge in [-0.25, -0.2) is 4.79 Å². The molecule has 1 heterocycles. The van der Waals surface area contributed by atoms with E-state index < -0.39 is 5.97 Å². The smallest absolute Gasteiger partial charge is 0.331 e. The first kappa shape index (κ1) is 14.6. The van der Waals surface area contributed by atoms with Crippen LogP contribution in [0.15, 0.2) is 23.8 Å². The van der Waals surface area contributed by atoms with Gasteiger partial charge in [-0.2, -0.15) is 0 Å². The van der Waals surface area contributed by atoms with E-state index >= 15 is 0 Å². The average molecular weight is 274 g/mol. The van der Waals surface area contributed by atoms with E-state index in [0.717, 1.165) is 16.9 Å². The highest BCUT2D eigenvalue weighted by atomic mass is 16.5. The molecule has 0 aliphatic carbocycles. The van der Waals surface area contributed by atoms with Crippen LogP contribution in [0.2, 0.25) is 0 Å². The zero-order valence-electron chi connectivity index (χ0n) is 12.6. The number of carboxylic acids is 1. The van der Waals surface area contributed by atoms with E-state index in [1.54, 1.807) is 0 Å². The predicted octanol–water partition coefficient (Wildman–Crippen LogP) is 4.01. The van der Waals surface area contributed by atoms with Gasteiger partial charge in [-0.1, -0.05) is 39.8 Å². The van der Waals surface area contributed by atoms with Crippen molar-refractivity contribution in [2.75, 3.05) is 6.61 Å².